The summed E-state index contributed by atoms with van der Waals surface area (Å²) in [6, 6.07) is 40.7. The Balaban J connectivity index is 1.36. The highest BCUT2D eigenvalue weighted by molar-refractivity contribution is 7.13. The molecule has 4 aromatic heterocycles. The number of rotatable bonds is 8. The molecule has 8 aromatic rings. The minimum absolute atomic E-state index is 0.862. The van der Waals surface area contributed by atoms with Crippen molar-refractivity contribution in [2.45, 2.75) is 6.92 Å². The third kappa shape index (κ3) is 6.27. The number of thiazole rings is 2. The second-order valence-electron chi connectivity index (χ2n) is 11.5. The van der Waals surface area contributed by atoms with Gasteiger partial charge in [-0.05, 0) is 81.9 Å². The molecule has 234 valence electrons. The first-order valence-corrected chi connectivity index (χ1v) is 17.8. The van der Waals surface area contributed by atoms with Crippen LogP contribution in [-0.2, 0) is 0 Å². The molecule has 0 bridgehead atoms. The van der Waals surface area contributed by atoms with Crippen molar-refractivity contribution in [3.63, 3.8) is 0 Å². The highest BCUT2D eigenvalue weighted by Gasteiger charge is 2.18. The van der Waals surface area contributed by atoms with Crippen LogP contribution in [0.3, 0.4) is 0 Å². The molecule has 0 aliphatic heterocycles. The van der Waals surface area contributed by atoms with Crippen LogP contribution in [0.2, 0.25) is 0 Å². The van der Waals surface area contributed by atoms with Crippen LogP contribution >= 0.6 is 22.7 Å². The van der Waals surface area contributed by atoms with Gasteiger partial charge < -0.3 is 0 Å². The van der Waals surface area contributed by atoms with Gasteiger partial charge in [-0.15, -0.1) is 22.7 Å². The van der Waals surface area contributed by atoms with E-state index in [1.807, 2.05) is 54.4 Å². The van der Waals surface area contributed by atoms with E-state index in [9.17, 15) is 0 Å². The van der Waals surface area contributed by atoms with E-state index in [4.69, 9.17) is 9.97 Å². The summed E-state index contributed by atoms with van der Waals surface area (Å²) < 4.78 is 0. The Kier molecular flexibility index (Phi) is 8.55. The molecule has 49 heavy (non-hydrogen) atoms. The van der Waals surface area contributed by atoms with Crippen molar-refractivity contribution in [1.82, 2.24) is 19.9 Å². The molecule has 0 saturated heterocycles. The highest BCUT2D eigenvalue weighted by atomic mass is 32.1. The highest BCUT2D eigenvalue weighted by Crippen LogP contribution is 2.41. The normalized spacial score (nSPS) is 11.6. The Morgan fingerprint density at radius 1 is 0.510 bits per heavy atom. The van der Waals surface area contributed by atoms with Gasteiger partial charge in [0.05, 0.1) is 22.8 Å². The van der Waals surface area contributed by atoms with Crippen molar-refractivity contribution >= 4 is 39.5 Å². The van der Waals surface area contributed by atoms with E-state index in [-0.39, 0.29) is 0 Å². The first-order valence-electron chi connectivity index (χ1n) is 16.1. The summed E-state index contributed by atoms with van der Waals surface area (Å²) in [5.74, 6) is 0. The zero-order valence-electron chi connectivity index (χ0n) is 26.7. The molecule has 0 amide bonds. The van der Waals surface area contributed by atoms with Gasteiger partial charge in [0.25, 0.3) is 0 Å². The minimum Gasteiger partial charge on any atom is -0.245 e. The maximum atomic E-state index is 5.17. The molecule has 0 N–H and O–H groups in total. The fourth-order valence-electron chi connectivity index (χ4n) is 6.11. The molecule has 0 aliphatic rings. The van der Waals surface area contributed by atoms with Gasteiger partial charge in [-0.2, -0.15) is 0 Å². The average Bonchev–Trinajstić information content (AvgIpc) is 3.91. The van der Waals surface area contributed by atoms with Crippen molar-refractivity contribution < 1.29 is 0 Å². The van der Waals surface area contributed by atoms with Crippen molar-refractivity contribution in [2.75, 3.05) is 0 Å². The Bertz CT molecular complexity index is 2430. The topological polar surface area (TPSA) is 51.6 Å². The summed E-state index contributed by atoms with van der Waals surface area (Å²) >= 11 is 3.19. The first-order chi connectivity index (χ1) is 24.2. The second kappa shape index (κ2) is 13.7. The van der Waals surface area contributed by atoms with Crippen LogP contribution in [0.15, 0.2) is 157 Å². The van der Waals surface area contributed by atoms with Gasteiger partial charge in [-0.3, -0.25) is 0 Å². The van der Waals surface area contributed by atoms with Crippen LogP contribution in [0, 0.1) is 0 Å². The van der Waals surface area contributed by atoms with Gasteiger partial charge >= 0.3 is 0 Å². The third-order valence-corrected chi connectivity index (χ3v) is 10.00. The maximum absolute atomic E-state index is 5.17. The minimum atomic E-state index is 0.862. The van der Waals surface area contributed by atoms with E-state index >= 15 is 0 Å². The lowest BCUT2D eigenvalue weighted by Crippen LogP contribution is -1.96. The van der Waals surface area contributed by atoms with Gasteiger partial charge in [-0.1, -0.05) is 103 Å². The second-order valence-corrected chi connectivity index (χ2v) is 13.3. The van der Waals surface area contributed by atoms with Crippen molar-refractivity contribution in [2.24, 2.45) is 0 Å². The zero-order valence-corrected chi connectivity index (χ0v) is 28.3. The molecule has 4 nitrogen and oxygen atoms in total. The van der Waals surface area contributed by atoms with Crippen LogP contribution in [-0.4, -0.2) is 19.9 Å². The molecule has 0 atom stereocenters. The number of hydrogen-bond donors (Lipinski definition) is 0. The molecule has 0 aliphatic carbocycles. The number of allylic oxidation sites excluding steroid dienone is 3. The number of aromatic nitrogens is 4. The zero-order chi connectivity index (χ0) is 33.0. The van der Waals surface area contributed by atoms with E-state index in [0.29, 0.717) is 0 Å². The Hall–Kier alpha value is -5.82. The van der Waals surface area contributed by atoms with Gasteiger partial charge in [0.15, 0.2) is 0 Å². The fourth-order valence-corrected chi connectivity index (χ4v) is 7.32. The van der Waals surface area contributed by atoms with Crippen molar-refractivity contribution in [3.05, 3.63) is 162 Å². The van der Waals surface area contributed by atoms with E-state index < -0.39 is 0 Å². The lowest BCUT2D eigenvalue weighted by molar-refractivity contribution is 1.29. The SMILES string of the molecule is C/C=C\C=C/c1cc(-c2cccc(-c3nccs3)n2)c2cc(-c3ccc(-c4ccccc4)cc3)ccc2c1-c1cccc(-c2nccs2)n1. The van der Waals surface area contributed by atoms with Gasteiger partial charge in [-0.25, -0.2) is 19.9 Å². The summed E-state index contributed by atoms with van der Waals surface area (Å²) in [5, 5.41) is 7.98. The first kappa shape index (κ1) is 30.5. The standard InChI is InChI=1S/C43H30N4S2/c1-2-3-5-12-33-28-36(37-13-8-15-39(46-37)42-44-23-25-48-42)35-27-32(31-19-17-30(18-20-31)29-10-6-4-7-11-29)21-22-34(35)41(33)38-14-9-16-40(47-38)43-45-24-26-49-43/h2-28H,1H3/b3-2-,12-5-. The number of hydrogen-bond acceptors (Lipinski definition) is 6. The van der Waals surface area contributed by atoms with E-state index in [1.165, 1.54) is 11.1 Å². The Labute approximate surface area is 293 Å². The molecule has 6 heteroatoms. The summed E-state index contributed by atoms with van der Waals surface area (Å²) in [4.78, 5) is 19.4. The van der Waals surface area contributed by atoms with E-state index in [1.54, 1.807) is 22.7 Å². The number of nitrogens with zero attached hydrogens (tertiary/aromatic N) is 4. The van der Waals surface area contributed by atoms with Crippen LogP contribution in [0.1, 0.15) is 12.5 Å². The van der Waals surface area contributed by atoms with Gasteiger partial charge in [0.2, 0.25) is 0 Å². The van der Waals surface area contributed by atoms with Crippen molar-refractivity contribution in [1.29, 1.82) is 0 Å². The Morgan fingerprint density at radius 2 is 1.10 bits per heavy atom. The molecule has 0 fully saturated rings. The van der Waals surface area contributed by atoms with Crippen LogP contribution in [0.4, 0.5) is 0 Å². The predicted octanol–water partition coefficient (Wildman–Crippen LogP) is 12.1. The number of pyridine rings is 2. The molecule has 0 unspecified atom stereocenters. The maximum Gasteiger partial charge on any atom is 0.141 e. The van der Waals surface area contributed by atoms with Crippen LogP contribution < -0.4 is 0 Å². The van der Waals surface area contributed by atoms with Crippen molar-refractivity contribution in [3.8, 4) is 66.2 Å². The molecular formula is C43H30N4S2. The summed E-state index contributed by atoms with van der Waals surface area (Å²) in [7, 11) is 0. The van der Waals surface area contributed by atoms with E-state index in [0.717, 1.165) is 71.4 Å². The van der Waals surface area contributed by atoms with Crippen LogP contribution in [0.25, 0.3) is 83.0 Å². The average molecular weight is 667 g/mol. The summed E-state index contributed by atoms with van der Waals surface area (Å²) in [6.45, 7) is 2.03. The molecule has 4 heterocycles. The third-order valence-electron chi connectivity index (χ3n) is 8.41. The van der Waals surface area contributed by atoms with Crippen LogP contribution in [0.5, 0.6) is 0 Å². The lowest BCUT2D eigenvalue weighted by atomic mass is 9.88. The molecule has 0 saturated carbocycles. The number of fused-ring (bicyclic) bond motifs is 1. The monoisotopic (exact) mass is 666 g/mol. The molecule has 8 rings (SSSR count). The molecular weight excluding hydrogens is 637 g/mol. The Morgan fingerprint density at radius 3 is 1.76 bits per heavy atom. The summed E-state index contributed by atoms with van der Waals surface area (Å²) in [6.07, 6.45) is 12.0. The van der Waals surface area contributed by atoms with E-state index in [2.05, 4.69) is 125 Å². The molecule has 0 radical (unpaired) electrons. The quantitative estimate of drug-likeness (QED) is 0.151. The fraction of sp³-hybridized carbons (Fsp3) is 0.0233. The smallest absolute Gasteiger partial charge is 0.141 e. The van der Waals surface area contributed by atoms with Gasteiger partial charge in [0, 0.05) is 34.3 Å². The molecule has 0 spiro atoms. The number of benzene rings is 4. The van der Waals surface area contributed by atoms with Gasteiger partial charge in [0.1, 0.15) is 10.0 Å². The summed E-state index contributed by atoms with van der Waals surface area (Å²) in [5.41, 5.74) is 11.4. The lowest BCUT2D eigenvalue weighted by Gasteiger charge is -2.17. The predicted molar refractivity (Wildman–Crippen MR) is 207 cm³/mol. The largest absolute Gasteiger partial charge is 0.245 e. The molecule has 4 aromatic carbocycles.